The minimum Gasteiger partial charge on any atom is -0.277 e. The molecular weight excluding hydrogens is 370 g/mol. The van der Waals surface area contributed by atoms with E-state index in [1.54, 1.807) is 18.1 Å². The van der Waals surface area contributed by atoms with Gasteiger partial charge in [0, 0.05) is 15.2 Å². The first-order valence-corrected chi connectivity index (χ1v) is 8.41. The van der Waals surface area contributed by atoms with E-state index in [1.807, 2.05) is 41.0 Å². The van der Waals surface area contributed by atoms with Gasteiger partial charge >= 0.3 is 0 Å². The van der Waals surface area contributed by atoms with Gasteiger partial charge < -0.3 is 0 Å². The van der Waals surface area contributed by atoms with E-state index in [0.717, 1.165) is 21.1 Å². The Morgan fingerprint density at radius 3 is 2.81 bits per heavy atom. The summed E-state index contributed by atoms with van der Waals surface area (Å²) in [6, 6.07) is 15.9. The monoisotopic (exact) mass is 379 g/mol. The second kappa shape index (κ2) is 6.64. The fourth-order valence-electron chi connectivity index (χ4n) is 1.90. The predicted octanol–water partition coefficient (Wildman–Crippen LogP) is 4.98. The summed E-state index contributed by atoms with van der Waals surface area (Å²) in [5, 5.41) is 9.72. The molecule has 0 saturated carbocycles. The van der Waals surface area contributed by atoms with Gasteiger partial charge in [-0.3, -0.25) is 4.57 Å². The van der Waals surface area contributed by atoms with E-state index < -0.39 is 0 Å². The summed E-state index contributed by atoms with van der Waals surface area (Å²) in [5.74, 6) is 0.832. The molecule has 0 aliphatic carbocycles. The third-order valence-electron chi connectivity index (χ3n) is 2.86. The third-order valence-corrected chi connectivity index (χ3v) is 4.60. The molecule has 0 fully saturated rings. The van der Waals surface area contributed by atoms with E-state index in [0.29, 0.717) is 5.02 Å². The highest BCUT2D eigenvalue weighted by Gasteiger charge is 2.08. The van der Waals surface area contributed by atoms with E-state index in [-0.39, 0.29) is 0 Å². The van der Waals surface area contributed by atoms with Crippen molar-refractivity contribution in [3.05, 3.63) is 69.9 Å². The predicted molar refractivity (Wildman–Crippen MR) is 90.1 cm³/mol. The zero-order valence-electron chi connectivity index (χ0n) is 10.9. The standard InChI is InChI=1S/C15H11BrClN3S/c16-12-4-1-3-11(7-12)9-21-15-19-18-10-20(15)14-6-2-5-13(17)8-14/h1-8,10H,9H2. The maximum Gasteiger partial charge on any atom is 0.195 e. The molecule has 0 amide bonds. The number of rotatable bonds is 4. The van der Waals surface area contributed by atoms with Crippen LogP contribution in [0.15, 0.2) is 64.5 Å². The van der Waals surface area contributed by atoms with E-state index in [2.05, 4.69) is 38.3 Å². The highest BCUT2D eigenvalue weighted by molar-refractivity contribution is 9.10. The highest BCUT2D eigenvalue weighted by atomic mass is 79.9. The Morgan fingerprint density at radius 2 is 2.00 bits per heavy atom. The van der Waals surface area contributed by atoms with Crippen molar-refractivity contribution in [2.75, 3.05) is 0 Å². The van der Waals surface area contributed by atoms with Gasteiger partial charge in [0.15, 0.2) is 5.16 Å². The largest absolute Gasteiger partial charge is 0.277 e. The maximum atomic E-state index is 6.04. The lowest BCUT2D eigenvalue weighted by Gasteiger charge is -2.06. The van der Waals surface area contributed by atoms with Crippen LogP contribution in [0.5, 0.6) is 0 Å². The Bertz CT molecular complexity index is 760. The van der Waals surface area contributed by atoms with E-state index in [9.17, 15) is 0 Å². The summed E-state index contributed by atoms with van der Waals surface area (Å²) >= 11 is 11.2. The number of hydrogen-bond donors (Lipinski definition) is 0. The lowest BCUT2D eigenvalue weighted by molar-refractivity contribution is 0.884. The number of nitrogens with zero attached hydrogens (tertiary/aromatic N) is 3. The Morgan fingerprint density at radius 1 is 1.14 bits per heavy atom. The average Bonchev–Trinajstić information content (AvgIpc) is 2.94. The molecule has 2 aromatic carbocycles. The first-order valence-electron chi connectivity index (χ1n) is 6.25. The Hall–Kier alpha value is -1.30. The van der Waals surface area contributed by atoms with Crippen LogP contribution in [-0.4, -0.2) is 14.8 Å². The zero-order valence-corrected chi connectivity index (χ0v) is 14.1. The van der Waals surface area contributed by atoms with Crippen LogP contribution >= 0.6 is 39.3 Å². The van der Waals surface area contributed by atoms with Crippen LogP contribution in [-0.2, 0) is 5.75 Å². The fourth-order valence-corrected chi connectivity index (χ4v) is 3.40. The summed E-state index contributed by atoms with van der Waals surface area (Å²) in [5.41, 5.74) is 2.19. The van der Waals surface area contributed by atoms with Crippen LogP contribution < -0.4 is 0 Å². The Labute approximate surface area is 140 Å². The molecule has 0 saturated heterocycles. The van der Waals surface area contributed by atoms with Crippen molar-refractivity contribution >= 4 is 39.3 Å². The van der Waals surface area contributed by atoms with Crippen molar-refractivity contribution < 1.29 is 0 Å². The van der Waals surface area contributed by atoms with Crippen molar-refractivity contribution in [1.82, 2.24) is 14.8 Å². The SMILES string of the molecule is Clc1cccc(-n2cnnc2SCc2cccc(Br)c2)c1. The minimum absolute atomic E-state index is 0.698. The molecule has 0 aliphatic rings. The molecule has 0 radical (unpaired) electrons. The van der Waals surface area contributed by atoms with Gasteiger partial charge in [-0.2, -0.15) is 0 Å². The van der Waals surface area contributed by atoms with Crippen molar-refractivity contribution in [2.24, 2.45) is 0 Å². The summed E-state index contributed by atoms with van der Waals surface area (Å²) in [4.78, 5) is 0. The lowest BCUT2D eigenvalue weighted by Crippen LogP contribution is -1.95. The van der Waals surface area contributed by atoms with Gasteiger partial charge in [-0.25, -0.2) is 0 Å². The van der Waals surface area contributed by atoms with Crippen molar-refractivity contribution in [3.8, 4) is 5.69 Å². The normalized spacial score (nSPS) is 10.8. The van der Waals surface area contributed by atoms with Gasteiger partial charge in [0.05, 0.1) is 5.69 Å². The first kappa shape index (κ1) is 14.6. The zero-order chi connectivity index (χ0) is 14.7. The molecular formula is C15H11BrClN3S. The topological polar surface area (TPSA) is 30.7 Å². The lowest BCUT2D eigenvalue weighted by atomic mass is 10.2. The van der Waals surface area contributed by atoms with E-state index in [1.165, 1.54) is 5.56 Å². The van der Waals surface area contributed by atoms with Gasteiger partial charge in [-0.05, 0) is 35.9 Å². The van der Waals surface area contributed by atoms with E-state index >= 15 is 0 Å². The van der Waals surface area contributed by atoms with Gasteiger partial charge in [-0.15, -0.1) is 10.2 Å². The molecule has 3 aromatic rings. The summed E-state index contributed by atoms with van der Waals surface area (Å²) in [6.45, 7) is 0. The fraction of sp³-hybridized carbons (Fsp3) is 0.0667. The van der Waals surface area contributed by atoms with Crippen molar-refractivity contribution in [1.29, 1.82) is 0 Å². The molecule has 0 aliphatic heterocycles. The quantitative estimate of drug-likeness (QED) is 0.598. The molecule has 1 aromatic heterocycles. The van der Waals surface area contributed by atoms with Gasteiger partial charge in [-0.1, -0.05) is 57.5 Å². The molecule has 0 spiro atoms. The smallest absolute Gasteiger partial charge is 0.195 e. The summed E-state index contributed by atoms with van der Waals surface area (Å²) < 4.78 is 3.02. The summed E-state index contributed by atoms with van der Waals surface area (Å²) in [6.07, 6.45) is 1.70. The highest BCUT2D eigenvalue weighted by Crippen LogP contribution is 2.25. The van der Waals surface area contributed by atoms with Crippen molar-refractivity contribution in [3.63, 3.8) is 0 Å². The molecule has 0 unspecified atom stereocenters. The molecule has 1 heterocycles. The van der Waals surface area contributed by atoms with Gasteiger partial charge in [0.1, 0.15) is 6.33 Å². The molecule has 21 heavy (non-hydrogen) atoms. The Balaban J connectivity index is 1.80. The molecule has 0 atom stereocenters. The van der Waals surface area contributed by atoms with Crippen LogP contribution in [0, 0.1) is 0 Å². The van der Waals surface area contributed by atoms with Crippen LogP contribution in [0.4, 0.5) is 0 Å². The maximum absolute atomic E-state index is 6.04. The van der Waals surface area contributed by atoms with Gasteiger partial charge in [0.25, 0.3) is 0 Å². The second-order valence-corrected chi connectivity index (χ2v) is 6.68. The molecule has 0 N–H and O–H groups in total. The third kappa shape index (κ3) is 3.67. The number of thioether (sulfide) groups is 1. The van der Waals surface area contributed by atoms with Crippen LogP contribution in [0.2, 0.25) is 5.02 Å². The minimum atomic E-state index is 0.698. The molecule has 3 nitrogen and oxygen atoms in total. The first-order chi connectivity index (χ1) is 10.2. The summed E-state index contributed by atoms with van der Waals surface area (Å²) in [7, 11) is 0. The molecule has 3 rings (SSSR count). The van der Waals surface area contributed by atoms with E-state index in [4.69, 9.17) is 11.6 Å². The van der Waals surface area contributed by atoms with Crippen LogP contribution in [0.25, 0.3) is 5.69 Å². The second-order valence-electron chi connectivity index (χ2n) is 4.38. The van der Waals surface area contributed by atoms with Crippen LogP contribution in [0.3, 0.4) is 0 Å². The Kier molecular flexibility index (Phi) is 4.63. The number of hydrogen-bond acceptors (Lipinski definition) is 3. The number of benzene rings is 2. The average molecular weight is 381 g/mol. The number of aromatic nitrogens is 3. The van der Waals surface area contributed by atoms with Crippen LogP contribution in [0.1, 0.15) is 5.56 Å². The molecule has 106 valence electrons. The number of halogens is 2. The van der Waals surface area contributed by atoms with Gasteiger partial charge in [0.2, 0.25) is 0 Å². The molecule has 0 bridgehead atoms. The van der Waals surface area contributed by atoms with Crippen molar-refractivity contribution in [2.45, 2.75) is 10.9 Å². The molecule has 6 heteroatoms.